The molecule has 1 aromatic rings. The molecule has 1 N–H and O–H groups in total. The fourth-order valence-electron chi connectivity index (χ4n) is 1.26. The van der Waals surface area contributed by atoms with Gasteiger partial charge in [0.05, 0.1) is 6.20 Å². The molecule has 1 aromatic heterocycles. The van der Waals surface area contributed by atoms with Gasteiger partial charge in [0, 0.05) is 5.69 Å². The van der Waals surface area contributed by atoms with Gasteiger partial charge in [0.2, 0.25) is 0 Å². The molecule has 1 rings (SSSR count). The summed E-state index contributed by atoms with van der Waals surface area (Å²) < 4.78 is 0. The molecule has 0 unspecified atom stereocenters. The monoisotopic (exact) mass is 179 g/mol. The van der Waals surface area contributed by atoms with Crippen molar-refractivity contribution in [1.29, 1.82) is 0 Å². The molecular formula is C11H17NO. The molecule has 2 nitrogen and oxygen atoms in total. The molecule has 0 aliphatic heterocycles. The minimum absolute atomic E-state index is 0.305. The van der Waals surface area contributed by atoms with Crippen molar-refractivity contribution in [2.45, 2.75) is 39.5 Å². The van der Waals surface area contributed by atoms with Crippen molar-refractivity contribution in [2.75, 3.05) is 0 Å². The molecule has 72 valence electrons. The van der Waals surface area contributed by atoms with Crippen molar-refractivity contribution in [3.05, 3.63) is 23.5 Å². The zero-order valence-electron chi connectivity index (χ0n) is 8.70. The molecule has 0 atom stereocenters. The third-order valence-electron chi connectivity index (χ3n) is 2.15. The molecule has 13 heavy (non-hydrogen) atoms. The number of rotatable bonds is 2. The largest absolute Gasteiger partial charge is 0.506 e. The van der Waals surface area contributed by atoms with E-state index in [0.29, 0.717) is 17.6 Å². The minimum Gasteiger partial charge on any atom is -0.506 e. The molecular weight excluding hydrogens is 162 g/mol. The van der Waals surface area contributed by atoms with Crippen molar-refractivity contribution in [3.8, 4) is 5.75 Å². The Morgan fingerprint density at radius 3 is 2.23 bits per heavy atom. The van der Waals surface area contributed by atoms with Gasteiger partial charge in [-0.1, -0.05) is 27.7 Å². The average molecular weight is 179 g/mol. The van der Waals surface area contributed by atoms with Crippen LogP contribution >= 0.6 is 0 Å². The molecule has 0 aromatic carbocycles. The quantitative estimate of drug-likeness (QED) is 0.757. The molecule has 2 heteroatoms. The fourth-order valence-corrected chi connectivity index (χ4v) is 1.26. The molecule has 1 heterocycles. The van der Waals surface area contributed by atoms with Gasteiger partial charge in [-0.3, -0.25) is 4.98 Å². The first-order chi connectivity index (χ1) is 6.02. The van der Waals surface area contributed by atoms with E-state index in [2.05, 4.69) is 32.7 Å². The number of pyridine rings is 1. The maximum atomic E-state index is 9.52. The Kier molecular flexibility index (Phi) is 2.91. The number of aromatic hydroxyl groups is 1. The van der Waals surface area contributed by atoms with Crippen LogP contribution in [0, 0.1) is 0 Å². The van der Waals surface area contributed by atoms with Gasteiger partial charge >= 0.3 is 0 Å². The van der Waals surface area contributed by atoms with E-state index in [1.54, 1.807) is 6.20 Å². The first-order valence-corrected chi connectivity index (χ1v) is 4.71. The summed E-state index contributed by atoms with van der Waals surface area (Å²) in [5.41, 5.74) is 2.03. The zero-order chi connectivity index (χ0) is 10.0. The highest BCUT2D eigenvalue weighted by atomic mass is 16.3. The molecule has 0 aliphatic rings. The van der Waals surface area contributed by atoms with E-state index in [0.717, 1.165) is 11.3 Å². The molecule has 0 fully saturated rings. The summed E-state index contributed by atoms with van der Waals surface area (Å²) in [6.07, 6.45) is 1.55. The Balaban J connectivity index is 3.11. The van der Waals surface area contributed by atoms with Gasteiger partial charge in [-0.05, 0) is 23.5 Å². The standard InChI is InChI=1S/C11H17NO/c1-7(2)9-5-10(8(3)4)12-6-11(9)13/h5-8,13H,1-4H3. The lowest BCUT2D eigenvalue weighted by Gasteiger charge is -2.11. The van der Waals surface area contributed by atoms with Crippen molar-refractivity contribution in [1.82, 2.24) is 4.98 Å². The Hall–Kier alpha value is -1.05. The molecule has 0 amide bonds. The van der Waals surface area contributed by atoms with E-state index in [9.17, 15) is 5.11 Å². The van der Waals surface area contributed by atoms with Crippen LogP contribution in [0.2, 0.25) is 0 Å². The summed E-state index contributed by atoms with van der Waals surface area (Å²) in [7, 11) is 0. The average Bonchev–Trinajstić information content (AvgIpc) is 2.04. The Labute approximate surface area is 79.6 Å². The van der Waals surface area contributed by atoms with Gasteiger partial charge < -0.3 is 5.11 Å². The third kappa shape index (κ3) is 2.20. The summed E-state index contributed by atoms with van der Waals surface area (Å²) in [5.74, 6) is 1.07. The number of nitrogens with zero attached hydrogens (tertiary/aromatic N) is 1. The van der Waals surface area contributed by atoms with Crippen molar-refractivity contribution >= 4 is 0 Å². The van der Waals surface area contributed by atoms with Crippen LogP contribution in [0.5, 0.6) is 5.75 Å². The predicted octanol–water partition coefficient (Wildman–Crippen LogP) is 3.03. The second kappa shape index (κ2) is 3.77. The van der Waals surface area contributed by atoms with Gasteiger partial charge in [-0.2, -0.15) is 0 Å². The van der Waals surface area contributed by atoms with Crippen LogP contribution in [-0.2, 0) is 0 Å². The lowest BCUT2D eigenvalue weighted by molar-refractivity contribution is 0.461. The second-order valence-electron chi connectivity index (χ2n) is 3.98. The highest BCUT2D eigenvalue weighted by Gasteiger charge is 2.09. The van der Waals surface area contributed by atoms with E-state index in [1.165, 1.54) is 0 Å². The Morgan fingerprint density at radius 1 is 1.15 bits per heavy atom. The normalized spacial score (nSPS) is 11.2. The maximum absolute atomic E-state index is 9.52. The van der Waals surface area contributed by atoms with E-state index in [1.807, 2.05) is 6.07 Å². The smallest absolute Gasteiger partial charge is 0.137 e. The van der Waals surface area contributed by atoms with E-state index in [-0.39, 0.29) is 0 Å². The van der Waals surface area contributed by atoms with Crippen LogP contribution in [0.25, 0.3) is 0 Å². The van der Waals surface area contributed by atoms with Crippen LogP contribution in [-0.4, -0.2) is 10.1 Å². The van der Waals surface area contributed by atoms with Gasteiger partial charge in [0.25, 0.3) is 0 Å². The van der Waals surface area contributed by atoms with Crippen LogP contribution in [0.15, 0.2) is 12.3 Å². The lowest BCUT2D eigenvalue weighted by Crippen LogP contribution is -1.96. The Morgan fingerprint density at radius 2 is 1.77 bits per heavy atom. The van der Waals surface area contributed by atoms with E-state index < -0.39 is 0 Å². The van der Waals surface area contributed by atoms with Crippen molar-refractivity contribution in [3.63, 3.8) is 0 Å². The van der Waals surface area contributed by atoms with Gasteiger partial charge in [0.15, 0.2) is 0 Å². The number of hydrogen-bond donors (Lipinski definition) is 1. The molecule has 0 saturated carbocycles. The fraction of sp³-hybridized carbons (Fsp3) is 0.545. The highest BCUT2D eigenvalue weighted by Crippen LogP contribution is 2.26. The Bertz CT molecular complexity index is 292. The van der Waals surface area contributed by atoms with Crippen LogP contribution < -0.4 is 0 Å². The van der Waals surface area contributed by atoms with Gasteiger partial charge in [-0.15, -0.1) is 0 Å². The summed E-state index contributed by atoms with van der Waals surface area (Å²) in [5, 5.41) is 9.52. The lowest BCUT2D eigenvalue weighted by atomic mass is 10.00. The van der Waals surface area contributed by atoms with Gasteiger partial charge in [0.1, 0.15) is 5.75 Å². The molecule has 0 spiro atoms. The van der Waals surface area contributed by atoms with Crippen LogP contribution in [0.3, 0.4) is 0 Å². The SMILES string of the molecule is CC(C)c1cc(C(C)C)c(O)cn1. The number of aromatic nitrogens is 1. The van der Waals surface area contributed by atoms with Crippen molar-refractivity contribution < 1.29 is 5.11 Å². The highest BCUT2D eigenvalue weighted by molar-refractivity contribution is 5.34. The van der Waals surface area contributed by atoms with Crippen LogP contribution in [0.1, 0.15) is 50.8 Å². The first kappa shape index (κ1) is 10.0. The molecule has 0 bridgehead atoms. The first-order valence-electron chi connectivity index (χ1n) is 4.71. The maximum Gasteiger partial charge on any atom is 0.137 e. The molecule has 0 radical (unpaired) electrons. The van der Waals surface area contributed by atoms with Gasteiger partial charge in [-0.25, -0.2) is 0 Å². The summed E-state index contributed by atoms with van der Waals surface area (Å²) >= 11 is 0. The third-order valence-corrected chi connectivity index (χ3v) is 2.15. The summed E-state index contributed by atoms with van der Waals surface area (Å²) in [6, 6.07) is 1.99. The molecule has 0 aliphatic carbocycles. The number of hydrogen-bond acceptors (Lipinski definition) is 2. The van der Waals surface area contributed by atoms with E-state index in [4.69, 9.17) is 0 Å². The molecule has 0 saturated heterocycles. The summed E-state index contributed by atoms with van der Waals surface area (Å²) in [6.45, 7) is 8.34. The minimum atomic E-state index is 0.305. The van der Waals surface area contributed by atoms with Crippen LogP contribution in [0.4, 0.5) is 0 Å². The topological polar surface area (TPSA) is 33.1 Å². The summed E-state index contributed by atoms with van der Waals surface area (Å²) in [4.78, 5) is 4.17. The predicted molar refractivity (Wildman–Crippen MR) is 54.1 cm³/mol. The second-order valence-corrected chi connectivity index (χ2v) is 3.98. The van der Waals surface area contributed by atoms with E-state index >= 15 is 0 Å². The van der Waals surface area contributed by atoms with Crippen molar-refractivity contribution in [2.24, 2.45) is 0 Å². The zero-order valence-corrected chi connectivity index (χ0v) is 8.70.